The number of amides is 1. The normalized spacial score (nSPS) is 13.4. The molecule has 0 fully saturated rings. The molecule has 1 aliphatic heterocycles. The number of hydrazone groups is 1. The van der Waals surface area contributed by atoms with Gasteiger partial charge in [0.1, 0.15) is 34.6 Å². The fraction of sp³-hybridized carbons (Fsp3) is 0.217. The minimum atomic E-state index is -1.15. The van der Waals surface area contributed by atoms with Crippen molar-refractivity contribution in [1.29, 1.82) is 0 Å². The Morgan fingerprint density at radius 3 is 1.13 bits per heavy atom. The first-order valence-electron chi connectivity index (χ1n) is 34.4. The molecule has 3 heterocycles. The quantitative estimate of drug-likeness (QED) is 0.0295. The van der Waals surface area contributed by atoms with E-state index in [2.05, 4.69) is 47.9 Å². The average Bonchev–Trinajstić information content (AvgIpc) is 1.74. The molecule has 0 unspecified atom stereocenters. The van der Waals surface area contributed by atoms with Crippen LogP contribution in [-0.2, 0) is 43.3 Å². The van der Waals surface area contributed by atoms with E-state index >= 15 is 0 Å². The molecule has 11 aromatic rings. The van der Waals surface area contributed by atoms with Gasteiger partial charge in [-0.05, 0) is 239 Å². The molecular formula is C83H80F3N11O12. The van der Waals surface area contributed by atoms with Crippen LogP contribution in [0.3, 0.4) is 0 Å². The van der Waals surface area contributed by atoms with Gasteiger partial charge in [-0.3, -0.25) is 24.6 Å². The number of nitrogens with zero attached hydrogens (tertiary/aromatic N) is 8. The molecule has 0 saturated heterocycles. The first-order chi connectivity index (χ1) is 51.3. The van der Waals surface area contributed by atoms with Gasteiger partial charge in [-0.2, -0.15) is 5.10 Å². The first kappa shape index (κ1) is 78.3. The summed E-state index contributed by atoms with van der Waals surface area (Å²) in [6, 6.07) is 41.8. The van der Waals surface area contributed by atoms with Crippen LogP contribution in [0.1, 0.15) is 143 Å². The molecule has 0 radical (unpaired) electrons. The van der Waals surface area contributed by atoms with Crippen LogP contribution in [0.15, 0.2) is 199 Å². The molecule has 15 rings (SSSR count). The maximum Gasteiger partial charge on any atom is 0.335 e. The molecule has 0 spiro atoms. The lowest BCUT2D eigenvalue weighted by Crippen LogP contribution is -2.20. The number of carbonyl (C=O) groups is 4. The summed E-state index contributed by atoms with van der Waals surface area (Å²) in [7, 11) is 0. The largest absolute Gasteiger partial charge is 0.505 e. The van der Waals surface area contributed by atoms with Gasteiger partial charge in [0.15, 0.2) is 22.9 Å². The highest BCUT2D eigenvalue weighted by Crippen LogP contribution is 2.42. The smallest absolute Gasteiger partial charge is 0.335 e. The number of aryl methyl sites for hydroxylation is 8. The van der Waals surface area contributed by atoms with E-state index in [4.69, 9.17) is 10.8 Å². The van der Waals surface area contributed by atoms with Crippen molar-refractivity contribution in [3.8, 4) is 62.0 Å². The minimum absolute atomic E-state index is 0. The number of rotatable bonds is 13. The van der Waals surface area contributed by atoms with Gasteiger partial charge in [-0.15, -0.1) is 20.5 Å². The van der Waals surface area contributed by atoms with E-state index < -0.39 is 46.5 Å². The van der Waals surface area contributed by atoms with Crippen molar-refractivity contribution in [3.63, 3.8) is 0 Å². The van der Waals surface area contributed by atoms with Gasteiger partial charge in [0.05, 0.1) is 57.2 Å². The summed E-state index contributed by atoms with van der Waals surface area (Å²) in [5.74, 6) is -6.34. The van der Waals surface area contributed by atoms with E-state index in [0.29, 0.717) is 45.9 Å². The van der Waals surface area contributed by atoms with E-state index in [1.807, 2.05) is 49.4 Å². The Hall–Kier alpha value is -13.3. The van der Waals surface area contributed by atoms with Crippen LogP contribution in [0, 0.1) is 31.3 Å². The molecule has 10 N–H and O–H groups in total. The van der Waals surface area contributed by atoms with Crippen molar-refractivity contribution in [3.05, 3.63) is 263 Å². The number of fused-ring (bicyclic) bond motifs is 3. The Morgan fingerprint density at radius 2 is 0.771 bits per heavy atom. The number of nitrogens with one attached hydrogen (secondary N) is 2. The summed E-state index contributed by atoms with van der Waals surface area (Å²) >= 11 is 0. The van der Waals surface area contributed by atoms with E-state index in [1.54, 1.807) is 37.1 Å². The highest BCUT2D eigenvalue weighted by molar-refractivity contribution is 6.12. The molecule has 0 bridgehead atoms. The first-order valence-corrected chi connectivity index (χ1v) is 34.4. The van der Waals surface area contributed by atoms with E-state index in [9.17, 15) is 67.5 Å². The molecule has 26 heteroatoms. The van der Waals surface area contributed by atoms with Crippen molar-refractivity contribution < 1.29 is 63.0 Å². The molecule has 4 aliphatic rings. The molecule has 3 aliphatic carbocycles. The van der Waals surface area contributed by atoms with Gasteiger partial charge in [-0.25, -0.2) is 41.9 Å². The summed E-state index contributed by atoms with van der Waals surface area (Å²) in [6.07, 6.45) is 13.9. The Bertz CT molecular complexity index is 5340. The highest BCUT2D eigenvalue weighted by Gasteiger charge is 2.25. The number of carboxylic acids is 3. The number of nitrogens with two attached hydrogens (primary N) is 1. The zero-order chi connectivity index (χ0) is 75.9. The molecule has 1 amide bonds. The number of H-pyrrole nitrogens is 2. The molecule has 2 aromatic heterocycles. The number of phenols is 3. The summed E-state index contributed by atoms with van der Waals surface area (Å²) in [5, 5.41) is 86.5. The number of aromatic carboxylic acids is 3. The predicted molar refractivity (Wildman–Crippen MR) is 411 cm³/mol. The number of carboxylic acid groups (broad SMARTS) is 3. The predicted octanol–water partition coefficient (Wildman–Crippen LogP) is 18.4. The molecule has 109 heavy (non-hydrogen) atoms. The van der Waals surface area contributed by atoms with E-state index in [-0.39, 0.29) is 99.8 Å². The van der Waals surface area contributed by atoms with Crippen molar-refractivity contribution in [1.82, 2.24) is 19.6 Å². The third-order valence-corrected chi connectivity index (χ3v) is 18.7. The zero-order valence-corrected chi connectivity index (χ0v) is 58.2. The van der Waals surface area contributed by atoms with Gasteiger partial charge in [0, 0.05) is 40.6 Å². The number of aromatic hydroxyl groups is 3. The summed E-state index contributed by atoms with van der Waals surface area (Å²) < 4.78 is 44.8. The number of carbonyl (C=O) groups excluding carboxylic acids is 1. The molecular weight excluding hydrogens is 1400 g/mol. The maximum atomic E-state index is 14.4. The summed E-state index contributed by atoms with van der Waals surface area (Å²) in [6.45, 7) is 5.26. The second-order valence-corrected chi connectivity index (χ2v) is 26.2. The topological polar surface area (TPSA) is 356 Å². The van der Waals surface area contributed by atoms with Crippen LogP contribution in [-0.4, -0.2) is 79.7 Å². The van der Waals surface area contributed by atoms with Crippen molar-refractivity contribution >= 4 is 63.7 Å². The van der Waals surface area contributed by atoms with Crippen molar-refractivity contribution in [2.24, 2.45) is 25.6 Å². The number of nitrogen functional groups attached to an aromatic ring is 1. The van der Waals surface area contributed by atoms with Crippen LogP contribution < -0.4 is 21.9 Å². The van der Waals surface area contributed by atoms with Crippen molar-refractivity contribution in [2.75, 3.05) is 10.7 Å². The summed E-state index contributed by atoms with van der Waals surface area (Å²) in [4.78, 5) is 71.4. The number of aromatic nitrogens is 4. The second kappa shape index (κ2) is 33.9. The number of aromatic amines is 2. The van der Waals surface area contributed by atoms with E-state index in [0.717, 1.165) is 106 Å². The SMILES string of the molecule is C.C.CC1=NN(c2ccc3c(c2)CCCC3)C(=O)C1.Cc1[nH]n(-c2ccc3c(c2)CCCC3)c(=O)c1N=Nc1cc(F)cc(-c2cccc(C(=O)O)c2)c1O.Cc1[nH]n(-c2ccc3c(c2)CCCC3)c(=O)c1N=Nc1cc(F)cc(-c2cccc(C(=O)O)c2)c1O.Nc1cc(F)cc(-c2cccc(C(=O)O)c2)c1O. The minimum Gasteiger partial charge on any atom is -0.505 e. The molecule has 23 nitrogen and oxygen atoms in total. The maximum absolute atomic E-state index is 14.4. The standard InChI is InChI=1S/2C27H23FN4O4.C14H16N2O.C13H10FNO3.2CH4/c2*1-15-24(26(34)32(31-15)21-10-9-16-5-2-3-6-17(16)12-21)30-29-23-14-20(28)13-22(25(23)33)18-7-4-8-19(11-18)27(35)36;1-10-8-14(17)16(15-10)13-7-6-11-4-2-3-5-12(11)9-13;14-9-5-10(12(16)11(15)6-9)7-2-1-3-8(4-7)13(17)18;;/h2*4,7-14,31,33H,2-3,5-6H2,1H3,(H,35,36);6-7,9H,2-5,8H2,1H3;1-6,16H,15H2,(H,17,18);2*1H4. The summed E-state index contributed by atoms with van der Waals surface area (Å²) in [5.41, 5.74) is 17.5. The number of azo groups is 2. The van der Waals surface area contributed by atoms with Crippen LogP contribution in [0.4, 0.5) is 47.3 Å². The van der Waals surface area contributed by atoms with E-state index in [1.165, 1.54) is 117 Å². The number of anilines is 2. The Kier molecular flexibility index (Phi) is 24.4. The van der Waals surface area contributed by atoms with Crippen LogP contribution in [0.2, 0.25) is 0 Å². The number of hydrogen-bond acceptors (Lipinski definition) is 15. The number of phenolic OH excluding ortho intramolecular Hbond substituents is 3. The average molecular weight is 1480 g/mol. The Labute approximate surface area is 624 Å². The van der Waals surface area contributed by atoms with Gasteiger partial charge in [0.25, 0.3) is 17.0 Å². The third-order valence-electron chi connectivity index (χ3n) is 18.7. The second-order valence-electron chi connectivity index (χ2n) is 26.2. The number of benzene rings is 9. The fourth-order valence-electron chi connectivity index (χ4n) is 13.3. The van der Waals surface area contributed by atoms with Gasteiger partial charge >= 0.3 is 17.9 Å². The van der Waals surface area contributed by atoms with Crippen molar-refractivity contribution in [2.45, 2.75) is 119 Å². The Balaban J connectivity index is 0.000000162. The lowest BCUT2D eigenvalue weighted by molar-refractivity contribution is -0.116. The van der Waals surface area contributed by atoms with Gasteiger partial charge in [0.2, 0.25) is 0 Å². The van der Waals surface area contributed by atoms with Gasteiger partial charge < -0.3 is 36.4 Å². The molecule has 0 atom stereocenters. The molecule has 560 valence electrons. The molecule has 9 aromatic carbocycles. The zero-order valence-electron chi connectivity index (χ0n) is 58.2. The third kappa shape index (κ3) is 17.7. The van der Waals surface area contributed by atoms with Crippen LogP contribution in [0.25, 0.3) is 44.8 Å². The van der Waals surface area contributed by atoms with Crippen LogP contribution in [0.5, 0.6) is 17.2 Å². The lowest BCUT2D eigenvalue weighted by Gasteiger charge is -2.19. The highest BCUT2D eigenvalue weighted by atomic mass is 19.1. The molecule has 0 saturated carbocycles. The number of halogens is 3. The fourth-order valence-corrected chi connectivity index (χ4v) is 13.3. The van der Waals surface area contributed by atoms with Gasteiger partial charge in [-0.1, -0.05) is 69.5 Å². The monoisotopic (exact) mass is 1480 g/mol. The Morgan fingerprint density at radius 1 is 0.431 bits per heavy atom. The lowest BCUT2D eigenvalue weighted by atomic mass is 9.91. The van der Waals surface area contributed by atoms with Crippen LogP contribution >= 0.6 is 0 Å². The number of hydrogen-bond donors (Lipinski definition) is 9.